The molecule has 1 aliphatic heterocycles. The molecule has 3 atom stereocenters. The average molecular weight is 481 g/mol. The highest BCUT2D eigenvalue weighted by molar-refractivity contribution is 5.69. The Balaban J connectivity index is 1.12. The number of hydrogen-bond acceptors (Lipinski definition) is 7. The monoisotopic (exact) mass is 481 g/mol. The van der Waals surface area contributed by atoms with Crippen molar-refractivity contribution in [2.45, 2.75) is 49.4 Å². The maximum atomic E-state index is 15.0. The number of nitrogens with zero attached hydrogens (tertiary/aromatic N) is 4. The molecular weight excluding hydrogens is 462 g/mol. The van der Waals surface area contributed by atoms with Crippen LogP contribution in [0.15, 0.2) is 24.5 Å². The molecule has 2 bridgehead atoms. The standard InChI is InChI=1S/C20H19F4N7O3/c21-15-11(34-18(32)28-19-4-9(5-19)6-19)8-33-16(15)10-3-13(30-29-10)27-17-25-2-1-14-26-12(7-31(14)17)20(22,23)24/h1-3,7,9,11,15-16H,4-6,8H2,(H,28,32)(H2,25,27,29,30)/t9?,11-,15-,16-,19?/m0/s1. The Morgan fingerprint density at radius 3 is 2.82 bits per heavy atom. The molecule has 0 aromatic carbocycles. The zero-order valence-corrected chi connectivity index (χ0v) is 17.5. The third-order valence-corrected chi connectivity index (χ3v) is 6.56. The number of fused-ring (bicyclic) bond motifs is 1. The molecule has 4 fully saturated rings. The molecular formula is C20H19F4N7O3. The quantitative estimate of drug-likeness (QED) is 0.479. The Bertz CT molecular complexity index is 1240. The van der Waals surface area contributed by atoms with E-state index < -0.39 is 36.3 Å². The van der Waals surface area contributed by atoms with Gasteiger partial charge in [0.05, 0.1) is 12.3 Å². The summed E-state index contributed by atoms with van der Waals surface area (Å²) >= 11 is 0. The molecule has 1 saturated heterocycles. The minimum atomic E-state index is -4.61. The SMILES string of the molecule is O=C(NC12CC(C1)C2)O[C@H]1CO[C@@H](c2cc(Nc3nccc4nc(C(F)(F)F)cn34)n[nH]2)[C@H]1F. The van der Waals surface area contributed by atoms with Gasteiger partial charge in [0.15, 0.2) is 23.8 Å². The van der Waals surface area contributed by atoms with E-state index in [2.05, 4.69) is 30.8 Å². The second-order valence-corrected chi connectivity index (χ2v) is 8.98. The molecule has 10 nitrogen and oxygen atoms in total. The van der Waals surface area contributed by atoms with Crippen LogP contribution >= 0.6 is 0 Å². The number of aromatic amines is 1. The molecule has 4 heterocycles. The van der Waals surface area contributed by atoms with Crippen LogP contribution in [0.1, 0.15) is 36.8 Å². The second-order valence-electron chi connectivity index (χ2n) is 8.98. The predicted octanol–water partition coefficient (Wildman–Crippen LogP) is 3.27. The lowest BCUT2D eigenvalue weighted by atomic mass is 9.50. The number of H-pyrrole nitrogens is 1. The number of hydrogen-bond donors (Lipinski definition) is 3. The number of amides is 1. The van der Waals surface area contributed by atoms with E-state index in [1.165, 1.54) is 18.3 Å². The van der Waals surface area contributed by atoms with Crippen LogP contribution in [0.3, 0.4) is 0 Å². The molecule has 14 heteroatoms. The fraction of sp³-hybridized carbons (Fsp3) is 0.500. The first-order valence-corrected chi connectivity index (χ1v) is 10.7. The van der Waals surface area contributed by atoms with E-state index in [0.717, 1.165) is 29.9 Å². The summed E-state index contributed by atoms with van der Waals surface area (Å²) < 4.78 is 65.8. The number of nitrogens with one attached hydrogen (secondary N) is 3. The topological polar surface area (TPSA) is 118 Å². The molecule has 34 heavy (non-hydrogen) atoms. The predicted molar refractivity (Wildman–Crippen MR) is 107 cm³/mol. The van der Waals surface area contributed by atoms with E-state index in [-0.39, 0.29) is 35.3 Å². The maximum absolute atomic E-state index is 15.0. The van der Waals surface area contributed by atoms with Crippen LogP contribution in [-0.2, 0) is 15.7 Å². The van der Waals surface area contributed by atoms with E-state index in [4.69, 9.17) is 9.47 Å². The van der Waals surface area contributed by atoms with Gasteiger partial charge in [-0.25, -0.2) is 19.2 Å². The van der Waals surface area contributed by atoms with Crippen molar-refractivity contribution in [1.29, 1.82) is 0 Å². The zero-order chi connectivity index (χ0) is 23.7. The number of ether oxygens (including phenoxy) is 2. The van der Waals surface area contributed by atoms with Crippen LogP contribution in [0, 0.1) is 5.92 Å². The first kappa shape index (κ1) is 21.1. The van der Waals surface area contributed by atoms with Gasteiger partial charge in [-0.1, -0.05) is 0 Å². The molecule has 3 saturated carbocycles. The van der Waals surface area contributed by atoms with E-state index in [1.807, 2.05) is 0 Å². The van der Waals surface area contributed by atoms with Crippen LogP contribution in [0.4, 0.5) is 34.1 Å². The van der Waals surface area contributed by atoms with Gasteiger partial charge in [0, 0.05) is 24.0 Å². The van der Waals surface area contributed by atoms with Gasteiger partial charge in [-0.3, -0.25) is 9.50 Å². The van der Waals surface area contributed by atoms with E-state index in [9.17, 15) is 22.4 Å². The summed E-state index contributed by atoms with van der Waals surface area (Å²) in [7, 11) is 0. The Morgan fingerprint density at radius 1 is 1.32 bits per heavy atom. The second kappa shape index (κ2) is 7.29. The largest absolute Gasteiger partial charge is 0.441 e. The number of imidazole rings is 1. The molecule has 3 N–H and O–H groups in total. The lowest BCUT2D eigenvalue weighted by Gasteiger charge is -2.61. The van der Waals surface area contributed by atoms with Crippen molar-refractivity contribution >= 4 is 23.5 Å². The van der Waals surface area contributed by atoms with E-state index in [0.29, 0.717) is 5.92 Å². The molecule has 0 radical (unpaired) electrons. The first-order valence-electron chi connectivity index (χ1n) is 10.7. The number of anilines is 2. The number of aromatic nitrogens is 5. The Morgan fingerprint density at radius 2 is 2.12 bits per heavy atom. The van der Waals surface area contributed by atoms with Gasteiger partial charge in [0.25, 0.3) is 0 Å². The van der Waals surface area contributed by atoms with Crippen LogP contribution in [0.2, 0.25) is 0 Å². The van der Waals surface area contributed by atoms with E-state index >= 15 is 0 Å². The van der Waals surface area contributed by atoms with Crippen molar-refractivity contribution in [3.05, 3.63) is 35.9 Å². The summed E-state index contributed by atoms with van der Waals surface area (Å²) in [6.45, 7) is -0.118. The number of alkyl carbamates (subject to hydrolysis) is 1. The van der Waals surface area contributed by atoms with Crippen molar-refractivity contribution < 1.29 is 31.8 Å². The highest BCUT2D eigenvalue weighted by atomic mass is 19.4. The van der Waals surface area contributed by atoms with Gasteiger partial charge >= 0.3 is 12.3 Å². The fourth-order valence-electron chi connectivity index (χ4n) is 4.76. The lowest BCUT2D eigenvalue weighted by Crippen LogP contribution is -2.68. The molecule has 3 aliphatic carbocycles. The molecule has 3 aromatic heterocycles. The average Bonchev–Trinajstić information content (AvgIpc) is 3.43. The van der Waals surface area contributed by atoms with Crippen molar-refractivity contribution in [2.75, 3.05) is 11.9 Å². The Labute approximate surface area is 189 Å². The van der Waals surface area contributed by atoms with Crippen LogP contribution < -0.4 is 10.6 Å². The van der Waals surface area contributed by atoms with Gasteiger partial charge < -0.3 is 20.1 Å². The van der Waals surface area contributed by atoms with Crippen LogP contribution in [-0.4, -0.2) is 55.1 Å². The summed E-state index contributed by atoms with van der Waals surface area (Å²) in [5, 5.41) is 12.3. The number of carbonyl (C=O) groups excluding carboxylic acids is 1. The minimum Gasteiger partial charge on any atom is -0.441 e. The lowest BCUT2D eigenvalue weighted by molar-refractivity contribution is -0.140. The summed E-state index contributed by atoms with van der Waals surface area (Å²) in [4.78, 5) is 19.7. The summed E-state index contributed by atoms with van der Waals surface area (Å²) in [5.41, 5.74) is -0.922. The number of halogens is 4. The molecule has 180 valence electrons. The van der Waals surface area contributed by atoms with Crippen molar-refractivity contribution in [3.8, 4) is 0 Å². The number of alkyl halides is 4. The molecule has 3 aromatic rings. The van der Waals surface area contributed by atoms with Crippen LogP contribution in [0.25, 0.3) is 5.65 Å². The van der Waals surface area contributed by atoms with E-state index in [1.54, 1.807) is 0 Å². The van der Waals surface area contributed by atoms with Crippen molar-refractivity contribution in [3.63, 3.8) is 0 Å². The fourth-order valence-corrected chi connectivity index (χ4v) is 4.76. The van der Waals surface area contributed by atoms with Crippen molar-refractivity contribution in [1.82, 2.24) is 29.9 Å². The van der Waals surface area contributed by atoms with Gasteiger partial charge in [-0.2, -0.15) is 18.3 Å². The Kier molecular flexibility index (Phi) is 4.53. The molecule has 0 unspecified atom stereocenters. The zero-order valence-electron chi connectivity index (χ0n) is 17.5. The Hall–Kier alpha value is -3.42. The maximum Gasteiger partial charge on any atom is 0.434 e. The third-order valence-electron chi connectivity index (χ3n) is 6.56. The number of rotatable bonds is 5. The summed E-state index contributed by atoms with van der Waals surface area (Å²) in [6.07, 6.45) is -4.08. The van der Waals surface area contributed by atoms with Gasteiger partial charge in [-0.15, -0.1) is 0 Å². The normalized spacial score (nSPS) is 30.0. The minimum absolute atomic E-state index is 0.0363. The van der Waals surface area contributed by atoms with Crippen LogP contribution in [0.5, 0.6) is 0 Å². The first-order chi connectivity index (χ1) is 16.2. The third kappa shape index (κ3) is 3.52. The van der Waals surface area contributed by atoms with Gasteiger partial charge in [0.2, 0.25) is 5.95 Å². The highest BCUT2D eigenvalue weighted by Gasteiger charge is 2.58. The van der Waals surface area contributed by atoms with Gasteiger partial charge in [-0.05, 0) is 31.2 Å². The summed E-state index contributed by atoms with van der Waals surface area (Å²) in [6, 6.07) is 2.78. The molecule has 0 spiro atoms. The highest BCUT2D eigenvalue weighted by Crippen LogP contribution is 2.57. The molecule has 4 aliphatic rings. The molecule has 7 rings (SSSR count). The smallest absolute Gasteiger partial charge is 0.434 e. The summed E-state index contributed by atoms with van der Waals surface area (Å²) in [5.74, 6) is 0.896. The van der Waals surface area contributed by atoms with Crippen molar-refractivity contribution in [2.24, 2.45) is 5.92 Å². The molecule has 1 amide bonds. The number of carbonyl (C=O) groups is 1. The van der Waals surface area contributed by atoms with Gasteiger partial charge in [0.1, 0.15) is 11.8 Å².